The van der Waals surface area contributed by atoms with Crippen LogP contribution in [0, 0.1) is 0 Å². The molecular weight excluding hydrogens is 521 g/mol. The molecule has 0 aliphatic carbocycles. The standard InChI is InChI=1S/C22H31Cl2N3O9/c1-5-32-22(31)17-10-16(11-26(8-6-23)9-7-24)25-27(17)21-20(35-15(4)30)19(34-14(3)29)18(36-21)12-33-13(2)28/h10,18-21H,5-9,11-12H2,1-4H3/t18-,19-,20-,21-/m1/s1. The van der Waals surface area contributed by atoms with Crippen LogP contribution in [0.25, 0.3) is 0 Å². The number of esters is 4. The van der Waals surface area contributed by atoms with Gasteiger partial charge >= 0.3 is 23.9 Å². The molecule has 1 fully saturated rings. The number of ether oxygens (including phenoxy) is 5. The second-order valence-corrected chi connectivity index (χ2v) is 8.61. The average molecular weight is 552 g/mol. The van der Waals surface area contributed by atoms with Gasteiger partial charge in [-0.3, -0.25) is 19.3 Å². The summed E-state index contributed by atoms with van der Waals surface area (Å²) in [4.78, 5) is 49.9. The molecule has 2 heterocycles. The Morgan fingerprint density at radius 2 is 1.61 bits per heavy atom. The molecule has 14 heteroatoms. The zero-order chi connectivity index (χ0) is 26.8. The molecule has 0 saturated carbocycles. The fourth-order valence-electron chi connectivity index (χ4n) is 3.70. The van der Waals surface area contributed by atoms with E-state index in [1.54, 1.807) is 6.92 Å². The van der Waals surface area contributed by atoms with E-state index >= 15 is 0 Å². The highest BCUT2D eigenvalue weighted by atomic mass is 35.5. The lowest BCUT2D eigenvalue weighted by Crippen LogP contribution is -2.41. The third kappa shape index (κ3) is 8.32. The highest BCUT2D eigenvalue weighted by Crippen LogP contribution is 2.35. The van der Waals surface area contributed by atoms with E-state index < -0.39 is 48.4 Å². The molecule has 1 aromatic rings. The number of alkyl halides is 2. The highest BCUT2D eigenvalue weighted by Gasteiger charge is 2.52. The highest BCUT2D eigenvalue weighted by molar-refractivity contribution is 6.18. The Bertz CT molecular complexity index is 921. The van der Waals surface area contributed by atoms with E-state index in [0.717, 1.165) is 0 Å². The van der Waals surface area contributed by atoms with Crippen molar-refractivity contribution in [1.29, 1.82) is 0 Å². The third-order valence-corrected chi connectivity index (χ3v) is 5.38. The Morgan fingerprint density at radius 3 is 2.14 bits per heavy atom. The van der Waals surface area contributed by atoms with Crippen LogP contribution in [0.3, 0.4) is 0 Å². The summed E-state index contributed by atoms with van der Waals surface area (Å²) in [5.41, 5.74) is 0.506. The molecule has 4 atom stereocenters. The van der Waals surface area contributed by atoms with Crippen molar-refractivity contribution in [2.45, 2.75) is 58.8 Å². The molecule has 0 unspecified atom stereocenters. The molecule has 0 aromatic carbocycles. The van der Waals surface area contributed by atoms with Crippen molar-refractivity contribution >= 4 is 47.1 Å². The van der Waals surface area contributed by atoms with Crippen LogP contribution in [-0.4, -0.2) is 94.9 Å². The Kier molecular flexibility index (Phi) is 11.9. The summed E-state index contributed by atoms with van der Waals surface area (Å²) in [6.07, 6.45) is -4.53. The van der Waals surface area contributed by atoms with E-state index in [2.05, 4.69) is 5.10 Å². The third-order valence-electron chi connectivity index (χ3n) is 5.04. The number of hydrogen-bond acceptors (Lipinski definition) is 11. The van der Waals surface area contributed by atoms with Crippen LogP contribution in [-0.2, 0) is 44.6 Å². The molecule has 1 aliphatic heterocycles. The van der Waals surface area contributed by atoms with Crippen LogP contribution < -0.4 is 0 Å². The number of halogens is 2. The quantitative estimate of drug-likeness (QED) is 0.201. The zero-order valence-corrected chi connectivity index (χ0v) is 22.1. The minimum atomic E-state index is -1.20. The van der Waals surface area contributed by atoms with Crippen molar-refractivity contribution in [3.8, 4) is 0 Å². The van der Waals surface area contributed by atoms with E-state index in [9.17, 15) is 19.2 Å². The molecule has 1 saturated heterocycles. The first-order valence-corrected chi connectivity index (χ1v) is 12.4. The van der Waals surface area contributed by atoms with Gasteiger partial charge in [-0.05, 0) is 13.0 Å². The number of aromatic nitrogens is 2. The predicted molar refractivity (Wildman–Crippen MR) is 127 cm³/mol. The maximum atomic E-state index is 12.8. The Hall–Kier alpha value is -2.41. The number of carbonyl (C=O) groups excluding carboxylic acids is 4. The summed E-state index contributed by atoms with van der Waals surface area (Å²) < 4.78 is 28.3. The second kappa shape index (κ2) is 14.4. The van der Waals surface area contributed by atoms with Gasteiger partial charge in [0.25, 0.3) is 0 Å². The minimum Gasteiger partial charge on any atom is -0.463 e. The molecule has 12 nitrogen and oxygen atoms in total. The molecule has 36 heavy (non-hydrogen) atoms. The average Bonchev–Trinajstić information content (AvgIpc) is 3.34. The van der Waals surface area contributed by atoms with Crippen molar-refractivity contribution in [1.82, 2.24) is 14.7 Å². The van der Waals surface area contributed by atoms with Crippen molar-refractivity contribution < 1.29 is 42.9 Å². The molecule has 0 bridgehead atoms. The van der Waals surface area contributed by atoms with E-state index in [4.69, 9.17) is 46.9 Å². The van der Waals surface area contributed by atoms with Gasteiger partial charge in [0.1, 0.15) is 18.4 Å². The summed E-state index contributed by atoms with van der Waals surface area (Å²) in [5, 5.41) is 4.52. The summed E-state index contributed by atoms with van der Waals surface area (Å²) in [6.45, 7) is 6.42. The van der Waals surface area contributed by atoms with E-state index in [0.29, 0.717) is 37.1 Å². The van der Waals surface area contributed by atoms with Gasteiger partial charge in [-0.1, -0.05) is 0 Å². The van der Waals surface area contributed by atoms with Gasteiger partial charge in [-0.25, -0.2) is 9.48 Å². The summed E-state index contributed by atoms with van der Waals surface area (Å²) in [5.74, 6) is -1.89. The van der Waals surface area contributed by atoms with Crippen LogP contribution in [0.1, 0.15) is 50.1 Å². The first-order chi connectivity index (χ1) is 17.1. The maximum Gasteiger partial charge on any atom is 0.356 e. The van der Waals surface area contributed by atoms with Crippen molar-refractivity contribution in [2.24, 2.45) is 0 Å². The second-order valence-electron chi connectivity index (χ2n) is 7.86. The van der Waals surface area contributed by atoms with E-state index in [-0.39, 0.29) is 18.9 Å². The topological polar surface area (TPSA) is 135 Å². The van der Waals surface area contributed by atoms with E-state index in [1.165, 1.54) is 31.5 Å². The zero-order valence-electron chi connectivity index (χ0n) is 20.6. The molecular formula is C22H31Cl2N3O9. The van der Waals surface area contributed by atoms with Gasteiger partial charge in [0, 0.05) is 52.2 Å². The fraction of sp³-hybridized carbons (Fsp3) is 0.682. The number of rotatable bonds is 13. The lowest BCUT2D eigenvalue weighted by Gasteiger charge is -2.24. The van der Waals surface area contributed by atoms with Gasteiger partial charge < -0.3 is 23.7 Å². The SMILES string of the molecule is CCOC(=O)c1cc(CN(CCCl)CCCl)nn1[C@@H]1O[C@H](COC(C)=O)[C@@H](OC(C)=O)[C@H]1OC(C)=O. The monoisotopic (exact) mass is 551 g/mol. The normalized spacial score (nSPS) is 21.3. The van der Waals surface area contributed by atoms with Crippen LogP contribution in [0.15, 0.2) is 6.07 Å². The molecule has 202 valence electrons. The molecule has 2 rings (SSSR count). The molecule has 0 radical (unpaired) electrons. The summed E-state index contributed by atoms with van der Waals surface area (Å²) in [6, 6.07) is 1.53. The van der Waals surface area contributed by atoms with Crippen molar-refractivity contribution in [2.75, 3.05) is 38.1 Å². The van der Waals surface area contributed by atoms with Gasteiger partial charge in [-0.2, -0.15) is 5.10 Å². The Labute approximate surface area is 219 Å². The first-order valence-electron chi connectivity index (χ1n) is 11.3. The molecule has 1 aromatic heterocycles. The van der Waals surface area contributed by atoms with Crippen molar-refractivity contribution in [3.63, 3.8) is 0 Å². The van der Waals surface area contributed by atoms with Gasteiger partial charge in [0.05, 0.1) is 12.3 Å². The number of carbonyl (C=O) groups is 4. The smallest absolute Gasteiger partial charge is 0.356 e. The maximum absolute atomic E-state index is 12.8. The van der Waals surface area contributed by atoms with Gasteiger partial charge in [-0.15, -0.1) is 23.2 Å². The number of nitrogens with zero attached hydrogens (tertiary/aromatic N) is 3. The van der Waals surface area contributed by atoms with E-state index in [1.807, 2.05) is 4.90 Å². The lowest BCUT2D eigenvalue weighted by atomic mass is 10.1. The molecule has 1 aliphatic rings. The Balaban J connectivity index is 2.52. The fourth-order valence-corrected chi connectivity index (χ4v) is 4.18. The van der Waals surface area contributed by atoms with Crippen LogP contribution in [0.2, 0.25) is 0 Å². The summed E-state index contributed by atoms with van der Waals surface area (Å²) in [7, 11) is 0. The predicted octanol–water partition coefficient (Wildman–Crippen LogP) is 1.66. The van der Waals surface area contributed by atoms with Gasteiger partial charge in [0.15, 0.2) is 18.4 Å². The first kappa shape index (κ1) is 29.8. The molecule has 0 N–H and O–H groups in total. The van der Waals surface area contributed by atoms with Gasteiger partial charge in [0.2, 0.25) is 0 Å². The number of hydrogen-bond donors (Lipinski definition) is 0. The Morgan fingerprint density at radius 1 is 1.00 bits per heavy atom. The minimum absolute atomic E-state index is 0.0282. The lowest BCUT2D eigenvalue weighted by molar-refractivity contribution is -0.166. The molecule has 0 amide bonds. The van der Waals surface area contributed by atoms with Crippen LogP contribution in [0.4, 0.5) is 0 Å². The largest absolute Gasteiger partial charge is 0.463 e. The van der Waals surface area contributed by atoms with Crippen LogP contribution >= 0.6 is 23.2 Å². The van der Waals surface area contributed by atoms with Crippen molar-refractivity contribution in [3.05, 3.63) is 17.5 Å². The molecule has 0 spiro atoms. The van der Waals surface area contributed by atoms with Crippen LogP contribution in [0.5, 0.6) is 0 Å². The summed E-state index contributed by atoms with van der Waals surface area (Å²) >= 11 is 11.8.